The first kappa shape index (κ1) is 11.1. The molecule has 0 saturated heterocycles. The second-order valence-corrected chi connectivity index (χ2v) is 4.56. The Bertz CT molecular complexity index is 324. The van der Waals surface area contributed by atoms with Crippen LogP contribution in [-0.2, 0) is 0 Å². The summed E-state index contributed by atoms with van der Waals surface area (Å²) in [6.07, 6.45) is 0. The monoisotopic (exact) mass is 192 g/mol. The molecule has 0 heterocycles. The van der Waals surface area contributed by atoms with Gasteiger partial charge < -0.3 is 5.11 Å². The van der Waals surface area contributed by atoms with Gasteiger partial charge in [-0.2, -0.15) is 0 Å². The van der Waals surface area contributed by atoms with Crippen molar-refractivity contribution in [3.63, 3.8) is 0 Å². The molecule has 0 saturated carbocycles. The Labute approximate surface area is 86.8 Å². The van der Waals surface area contributed by atoms with Gasteiger partial charge in [-0.25, -0.2) is 0 Å². The lowest BCUT2D eigenvalue weighted by Crippen LogP contribution is -1.96. The lowest BCUT2D eigenvalue weighted by Gasteiger charge is -2.15. The molecule has 0 aliphatic rings. The average molecular weight is 192 g/mol. The third-order valence-corrected chi connectivity index (χ3v) is 2.73. The van der Waals surface area contributed by atoms with E-state index in [2.05, 4.69) is 33.8 Å². The van der Waals surface area contributed by atoms with Gasteiger partial charge in [0, 0.05) is 0 Å². The van der Waals surface area contributed by atoms with E-state index >= 15 is 0 Å². The highest BCUT2D eigenvalue weighted by Crippen LogP contribution is 2.30. The van der Waals surface area contributed by atoms with Crippen molar-refractivity contribution in [1.29, 1.82) is 0 Å². The number of aromatic hydroxyl groups is 1. The quantitative estimate of drug-likeness (QED) is 0.752. The molecule has 1 heteroatoms. The fourth-order valence-corrected chi connectivity index (χ4v) is 1.68. The second kappa shape index (κ2) is 4.04. The van der Waals surface area contributed by atoms with E-state index in [9.17, 15) is 5.11 Å². The van der Waals surface area contributed by atoms with Gasteiger partial charge in [0.05, 0.1) is 0 Å². The smallest absolute Gasteiger partial charge is 0.119 e. The SMILES string of the molecule is Cc1c(O)cc(C(C)C)cc1C(C)C. The van der Waals surface area contributed by atoms with Crippen LogP contribution in [0.25, 0.3) is 0 Å². The second-order valence-electron chi connectivity index (χ2n) is 4.56. The minimum Gasteiger partial charge on any atom is -0.508 e. The molecule has 1 aromatic rings. The van der Waals surface area contributed by atoms with Gasteiger partial charge in [0.15, 0.2) is 0 Å². The minimum absolute atomic E-state index is 0.430. The van der Waals surface area contributed by atoms with E-state index in [1.807, 2.05) is 13.0 Å². The van der Waals surface area contributed by atoms with Crippen LogP contribution in [0.3, 0.4) is 0 Å². The van der Waals surface area contributed by atoms with Crippen LogP contribution < -0.4 is 0 Å². The first-order chi connectivity index (χ1) is 6.43. The molecule has 1 rings (SSSR count). The average Bonchev–Trinajstić information content (AvgIpc) is 2.08. The summed E-state index contributed by atoms with van der Waals surface area (Å²) in [4.78, 5) is 0. The number of hydrogen-bond acceptors (Lipinski definition) is 1. The molecule has 1 aromatic carbocycles. The van der Waals surface area contributed by atoms with Crippen LogP contribution in [0, 0.1) is 6.92 Å². The summed E-state index contributed by atoms with van der Waals surface area (Å²) < 4.78 is 0. The summed E-state index contributed by atoms with van der Waals surface area (Å²) in [5.41, 5.74) is 3.50. The highest BCUT2D eigenvalue weighted by molar-refractivity contribution is 5.44. The van der Waals surface area contributed by atoms with Crippen molar-refractivity contribution in [3.8, 4) is 5.75 Å². The molecular formula is C13H20O. The lowest BCUT2D eigenvalue weighted by atomic mass is 9.91. The number of phenols is 1. The molecule has 0 amide bonds. The van der Waals surface area contributed by atoms with Gasteiger partial charge in [0.1, 0.15) is 5.75 Å². The van der Waals surface area contributed by atoms with Crippen molar-refractivity contribution in [2.24, 2.45) is 0 Å². The fraction of sp³-hybridized carbons (Fsp3) is 0.538. The number of phenolic OH excluding ortho intramolecular Hbond substituents is 1. The van der Waals surface area contributed by atoms with Gasteiger partial charge in [-0.1, -0.05) is 33.8 Å². The van der Waals surface area contributed by atoms with Gasteiger partial charge >= 0.3 is 0 Å². The van der Waals surface area contributed by atoms with Crippen molar-refractivity contribution >= 4 is 0 Å². The molecule has 0 bridgehead atoms. The largest absolute Gasteiger partial charge is 0.508 e. The van der Waals surface area contributed by atoms with Crippen LogP contribution in [0.2, 0.25) is 0 Å². The molecule has 14 heavy (non-hydrogen) atoms. The Hall–Kier alpha value is -0.980. The van der Waals surface area contributed by atoms with E-state index in [1.165, 1.54) is 11.1 Å². The van der Waals surface area contributed by atoms with Crippen molar-refractivity contribution in [2.75, 3.05) is 0 Å². The third kappa shape index (κ3) is 2.09. The van der Waals surface area contributed by atoms with E-state index in [1.54, 1.807) is 0 Å². The van der Waals surface area contributed by atoms with Crippen LogP contribution in [0.15, 0.2) is 12.1 Å². The molecule has 0 radical (unpaired) electrons. The molecule has 1 N–H and O–H groups in total. The maximum Gasteiger partial charge on any atom is 0.119 e. The highest BCUT2D eigenvalue weighted by Gasteiger charge is 2.10. The molecular weight excluding hydrogens is 172 g/mol. The first-order valence-corrected chi connectivity index (χ1v) is 5.27. The molecule has 0 atom stereocenters. The predicted octanol–water partition coefficient (Wildman–Crippen LogP) is 3.95. The van der Waals surface area contributed by atoms with E-state index in [0.29, 0.717) is 17.6 Å². The van der Waals surface area contributed by atoms with E-state index in [-0.39, 0.29) is 0 Å². The van der Waals surface area contributed by atoms with Crippen molar-refractivity contribution < 1.29 is 5.11 Å². The normalized spacial score (nSPS) is 11.4. The summed E-state index contributed by atoms with van der Waals surface area (Å²) in [5.74, 6) is 1.37. The molecule has 0 fully saturated rings. The van der Waals surface area contributed by atoms with Gasteiger partial charge in [0.2, 0.25) is 0 Å². The van der Waals surface area contributed by atoms with E-state index < -0.39 is 0 Å². The van der Waals surface area contributed by atoms with Crippen LogP contribution in [0.1, 0.15) is 56.2 Å². The standard InChI is InChI=1S/C13H20O/c1-8(2)11-6-12(9(3)4)10(5)13(14)7-11/h6-9,14H,1-5H3. The summed E-state index contributed by atoms with van der Waals surface area (Å²) in [5, 5.41) is 9.78. The zero-order valence-electron chi connectivity index (χ0n) is 9.76. The maximum absolute atomic E-state index is 9.78. The van der Waals surface area contributed by atoms with Gasteiger partial charge in [-0.15, -0.1) is 0 Å². The van der Waals surface area contributed by atoms with Gasteiger partial charge in [-0.3, -0.25) is 0 Å². The summed E-state index contributed by atoms with van der Waals surface area (Å²) in [6.45, 7) is 10.6. The number of benzene rings is 1. The molecule has 78 valence electrons. The van der Waals surface area contributed by atoms with Gasteiger partial charge in [-0.05, 0) is 41.5 Å². The molecule has 0 unspecified atom stereocenters. The Morgan fingerprint density at radius 3 is 2.00 bits per heavy atom. The third-order valence-electron chi connectivity index (χ3n) is 2.73. The van der Waals surface area contributed by atoms with Crippen molar-refractivity contribution in [2.45, 2.75) is 46.5 Å². The fourth-order valence-electron chi connectivity index (χ4n) is 1.68. The zero-order valence-corrected chi connectivity index (χ0v) is 9.76. The van der Waals surface area contributed by atoms with Crippen LogP contribution in [-0.4, -0.2) is 5.11 Å². The molecule has 1 nitrogen and oxygen atoms in total. The molecule has 0 spiro atoms. The molecule has 0 aliphatic carbocycles. The van der Waals surface area contributed by atoms with E-state index in [4.69, 9.17) is 0 Å². The van der Waals surface area contributed by atoms with Gasteiger partial charge in [0.25, 0.3) is 0 Å². The lowest BCUT2D eigenvalue weighted by molar-refractivity contribution is 0.468. The number of rotatable bonds is 2. The topological polar surface area (TPSA) is 20.2 Å². The Morgan fingerprint density at radius 2 is 1.57 bits per heavy atom. The summed E-state index contributed by atoms with van der Waals surface area (Å²) in [7, 11) is 0. The highest BCUT2D eigenvalue weighted by atomic mass is 16.3. The van der Waals surface area contributed by atoms with Crippen molar-refractivity contribution in [1.82, 2.24) is 0 Å². The Kier molecular flexibility index (Phi) is 3.20. The number of hydrogen-bond donors (Lipinski definition) is 1. The minimum atomic E-state index is 0.430. The zero-order chi connectivity index (χ0) is 10.9. The Balaban J connectivity index is 3.28. The Morgan fingerprint density at radius 1 is 1.00 bits per heavy atom. The van der Waals surface area contributed by atoms with Crippen LogP contribution >= 0.6 is 0 Å². The summed E-state index contributed by atoms with van der Waals surface area (Å²) in [6, 6.07) is 4.09. The van der Waals surface area contributed by atoms with Crippen LogP contribution in [0.5, 0.6) is 5.75 Å². The van der Waals surface area contributed by atoms with E-state index in [0.717, 1.165) is 5.56 Å². The predicted molar refractivity (Wildman–Crippen MR) is 61.0 cm³/mol. The summed E-state index contributed by atoms with van der Waals surface area (Å²) >= 11 is 0. The molecule has 0 aliphatic heterocycles. The first-order valence-electron chi connectivity index (χ1n) is 5.27. The van der Waals surface area contributed by atoms with Crippen LogP contribution in [0.4, 0.5) is 0 Å². The maximum atomic E-state index is 9.78. The molecule has 0 aromatic heterocycles. The van der Waals surface area contributed by atoms with Crippen molar-refractivity contribution in [3.05, 3.63) is 28.8 Å².